The van der Waals surface area contributed by atoms with Crippen LogP contribution in [0.3, 0.4) is 0 Å². The van der Waals surface area contributed by atoms with Crippen molar-refractivity contribution < 1.29 is 14.3 Å². The van der Waals surface area contributed by atoms with Crippen molar-refractivity contribution in [3.8, 4) is 11.5 Å². The molecular formula is C23H29N3O3. The average molecular weight is 396 g/mol. The van der Waals surface area contributed by atoms with E-state index < -0.39 is 0 Å². The highest BCUT2D eigenvalue weighted by atomic mass is 16.5. The Balaban J connectivity index is 1.35. The topological polar surface area (TPSA) is 54.0 Å². The quantitative estimate of drug-likeness (QED) is 0.813. The largest absolute Gasteiger partial charge is 0.493 e. The molecule has 1 N–H and O–H groups in total. The smallest absolute Gasteiger partial charge is 0.242 e. The predicted molar refractivity (Wildman–Crippen MR) is 115 cm³/mol. The van der Waals surface area contributed by atoms with Crippen LogP contribution in [0.4, 0.5) is 11.4 Å². The number of carbonyl (C=O) groups is 1. The van der Waals surface area contributed by atoms with Crippen molar-refractivity contribution in [1.82, 2.24) is 4.90 Å². The van der Waals surface area contributed by atoms with Crippen molar-refractivity contribution in [3.63, 3.8) is 0 Å². The van der Waals surface area contributed by atoms with Gasteiger partial charge < -0.3 is 24.6 Å². The third-order valence-electron chi connectivity index (χ3n) is 5.85. The monoisotopic (exact) mass is 395 g/mol. The van der Waals surface area contributed by atoms with Gasteiger partial charge in [0.25, 0.3) is 0 Å². The Labute approximate surface area is 172 Å². The molecule has 154 valence electrons. The second-order valence-electron chi connectivity index (χ2n) is 7.64. The molecule has 0 radical (unpaired) electrons. The van der Waals surface area contributed by atoms with Gasteiger partial charge in [-0.05, 0) is 66.8 Å². The van der Waals surface area contributed by atoms with Gasteiger partial charge in [0, 0.05) is 37.6 Å². The second kappa shape index (κ2) is 8.64. The van der Waals surface area contributed by atoms with Crippen molar-refractivity contribution in [2.75, 3.05) is 50.6 Å². The molecule has 2 aromatic rings. The molecule has 2 aliphatic heterocycles. The highest BCUT2D eigenvalue weighted by molar-refractivity contribution is 5.81. The Morgan fingerprint density at radius 1 is 0.966 bits per heavy atom. The third kappa shape index (κ3) is 4.26. The fraction of sp³-hybridized carbons (Fsp3) is 0.435. The Morgan fingerprint density at radius 2 is 1.62 bits per heavy atom. The van der Waals surface area contributed by atoms with E-state index >= 15 is 0 Å². The standard InChI is InChI=1S/C23H29N3O3/c1-28-21-13-17-9-12-26(16-18(17)14-22(21)29-2)23(27)15-24-19-5-7-20(8-6-19)25-10-3-4-11-25/h5-8,13-14,24H,3-4,9-12,15-16H2,1-2H3. The van der Waals surface area contributed by atoms with Crippen LogP contribution >= 0.6 is 0 Å². The first-order valence-electron chi connectivity index (χ1n) is 10.3. The molecule has 0 atom stereocenters. The van der Waals surface area contributed by atoms with Crippen LogP contribution < -0.4 is 19.7 Å². The van der Waals surface area contributed by atoms with E-state index in [9.17, 15) is 4.79 Å². The minimum absolute atomic E-state index is 0.106. The maximum absolute atomic E-state index is 12.7. The molecule has 4 rings (SSSR count). The van der Waals surface area contributed by atoms with Gasteiger partial charge in [-0.2, -0.15) is 0 Å². The van der Waals surface area contributed by atoms with Crippen LogP contribution in [-0.4, -0.2) is 51.2 Å². The van der Waals surface area contributed by atoms with Gasteiger partial charge in [0.1, 0.15) is 0 Å². The van der Waals surface area contributed by atoms with Crippen molar-refractivity contribution in [3.05, 3.63) is 47.5 Å². The molecule has 0 aliphatic carbocycles. The van der Waals surface area contributed by atoms with Crippen molar-refractivity contribution in [1.29, 1.82) is 0 Å². The molecule has 0 saturated carbocycles. The van der Waals surface area contributed by atoms with Crippen LogP contribution in [0.15, 0.2) is 36.4 Å². The summed E-state index contributed by atoms with van der Waals surface area (Å²) in [6.45, 7) is 3.89. The summed E-state index contributed by atoms with van der Waals surface area (Å²) in [5.41, 5.74) is 4.58. The number of ether oxygens (including phenoxy) is 2. The summed E-state index contributed by atoms with van der Waals surface area (Å²) >= 11 is 0. The van der Waals surface area contributed by atoms with Gasteiger partial charge in [0.15, 0.2) is 11.5 Å². The number of amides is 1. The third-order valence-corrected chi connectivity index (χ3v) is 5.85. The van der Waals surface area contributed by atoms with Gasteiger partial charge in [0.05, 0.1) is 20.8 Å². The summed E-state index contributed by atoms with van der Waals surface area (Å²) in [5.74, 6) is 1.55. The molecule has 0 spiro atoms. The van der Waals surface area contributed by atoms with Gasteiger partial charge in [-0.15, -0.1) is 0 Å². The zero-order valence-corrected chi connectivity index (χ0v) is 17.2. The average Bonchev–Trinajstić information content (AvgIpc) is 3.31. The van der Waals surface area contributed by atoms with Gasteiger partial charge in [-0.3, -0.25) is 4.79 Å². The minimum Gasteiger partial charge on any atom is -0.493 e. The molecular weight excluding hydrogens is 366 g/mol. The Morgan fingerprint density at radius 3 is 2.28 bits per heavy atom. The molecule has 1 saturated heterocycles. The van der Waals surface area contributed by atoms with E-state index in [1.54, 1.807) is 14.2 Å². The first kappa shape index (κ1) is 19.4. The first-order valence-corrected chi connectivity index (χ1v) is 10.3. The number of benzene rings is 2. The van der Waals surface area contributed by atoms with E-state index in [0.717, 1.165) is 43.1 Å². The van der Waals surface area contributed by atoms with Crippen molar-refractivity contribution in [2.24, 2.45) is 0 Å². The maximum Gasteiger partial charge on any atom is 0.242 e. The van der Waals surface area contributed by atoms with Crippen LogP contribution in [-0.2, 0) is 17.8 Å². The van der Waals surface area contributed by atoms with Crippen LogP contribution in [0.2, 0.25) is 0 Å². The lowest BCUT2D eigenvalue weighted by Gasteiger charge is -2.30. The van der Waals surface area contributed by atoms with E-state index in [4.69, 9.17) is 9.47 Å². The normalized spacial score (nSPS) is 15.8. The lowest BCUT2D eigenvalue weighted by atomic mass is 9.98. The predicted octanol–water partition coefficient (Wildman–Crippen LogP) is 3.30. The van der Waals surface area contributed by atoms with Crippen LogP contribution in [0.1, 0.15) is 24.0 Å². The molecule has 1 fully saturated rings. The molecule has 2 heterocycles. The summed E-state index contributed by atoms with van der Waals surface area (Å²) in [6, 6.07) is 12.4. The number of fused-ring (bicyclic) bond motifs is 1. The molecule has 6 heteroatoms. The number of methoxy groups -OCH3 is 2. The Kier molecular flexibility index (Phi) is 5.79. The number of nitrogens with one attached hydrogen (secondary N) is 1. The maximum atomic E-state index is 12.7. The van der Waals surface area contributed by atoms with Gasteiger partial charge in [0.2, 0.25) is 5.91 Å². The highest BCUT2D eigenvalue weighted by Crippen LogP contribution is 2.33. The van der Waals surface area contributed by atoms with Crippen LogP contribution in [0, 0.1) is 0 Å². The number of rotatable bonds is 6. The number of anilines is 2. The molecule has 29 heavy (non-hydrogen) atoms. The summed E-state index contributed by atoms with van der Waals surface area (Å²) in [7, 11) is 3.28. The summed E-state index contributed by atoms with van der Waals surface area (Å²) < 4.78 is 10.8. The fourth-order valence-electron chi connectivity index (χ4n) is 4.15. The lowest BCUT2D eigenvalue weighted by Crippen LogP contribution is -2.39. The summed E-state index contributed by atoms with van der Waals surface area (Å²) in [5, 5.41) is 3.27. The molecule has 2 aliphatic rings. The summed E-state index contributed by atoms with van der Waals surface area (Å²) in [6.07, 6.45) is 3.37. The Bertz CT molecular complexity index is 860. The first-order chi connectivity index (χ1) is 14.2. The summed E-state index contributed by atoms with van der Waals surface area (Å²) in [4.78, 5) is 17.0. The van der Waals surface area contributed by atoms with Gasteiger partial charge >= 0.3 is 0 Å². The van der Waals surface area contributed by atoms with Gasteiger partial charge in [-0.25, -0.2) is 0 Å². The van der Waals surface area contributed by atoms with Crippen molar-refractivity contribution in [2.45, 2.75) is 25.8 Å². The lowest BCUT2D eigenvalue weighted by molar-refractivity contribution is -0.130. The number of hydrogen-bond acceptors (Lipinski definition) is 5. The number of hydrogen-bond donors (Lipinski definition) is 1. The van der Waals surface area contributed by atoms with E-state index in [2.05, 4.69) is 34.5 Å². The second-order valence-corrected chi connectivity index (χ2v) is 7.64. The number of nitrogens with zero attached hydrogens (tertiary/aromatic N) is 2. The van der Waals surface area contributed by atoms with E-state index in [1.165, 1.54) is 24.1 Å². The van der Waals surface area contributed by atoms with E-state index in [0.29, 0.717) is 18.8 Å². The molecule has 0 aromatic heterocycles. The van der Waals surface area contributed by atoms with Crippen LogP contribution in [0.25, 0.3) is 0 Å². The Hall–Kier alpha value is -2.89. The van der Waals surface area contributed by atoms with E-state index in [1.807, 2.05) is 17.0 Å². The molecule has 1 amide bonds. The van der Waals surface area contributed by atoms with E-state index in [-0.39, 0.29) is 5.91 Å². The zero-order valence-electron chi connectivity index (χ0n) is 17.2. The molecule has 2 aromatic carbocycles. The van der Waals surface area contributed by atoms with Gasteiger partial charge in [-0.1, -0.05) is 0 Å². The number of carbonyl (C=O) groups excluding carboxylic acids is 1. The zero-order chi connectivity index (χ0) is 20.2. The molecule has 0 bridgehead atoms. The molecule has 6 nitrogen and oxygen atoms in total. The van der Waals surface area contributed by atoms with Crippen LogP contribution in [0.5, 0.6) is 11.5 Å². The van der Waals surface area contributed by atoms with Crippen molar-refractivity contribution >= 4 is 17.3 Å². The highest BCUT2D eigenvalue weighted by Gasteiger charge is 2.22. The fourth-order valence-corrected chi connectivity index (χ4v) is 4.15. The molecule has 0 unspecified atom stereocenters. The minimum atomic E-state index is 0.106. The SMILES string of the molecule is COc1cc2c(cc1OC)CN(C(=O)CNc1ccc(N3CCCC3)cc1)CC2.